The second kappa shape index (κ2) is 11.9. The molecule has 0 amide bonds. The van der Waals surface area contributed by atoms with E-state index in [1.165, 1.54) is 29.6 Å². The Kier molecular flexibility index (Phi) is 9.06. The predicted octanol–water partition coefficient (Wildman–Crippen LogP) is 5.18. The number of nitrogens with one attached hydrogen (secondary N) is 1. The molecule has 0 spiro atoms. The van der Waals surface area contributed by atoms with Gasteiger partial charge in [0, 0.05) is 17.8 Å². The lowest BCUT2D eigenvalue weighted by Gasteiger charge is -2.16. The number of imidazole rings is 1. The van der Waals surface area contributed by atoms with Gasteiger partial charge in [0.15, 0.2) is 0 Å². The lowest BCUT2D eigenvalue weighted by molar-refractivity contribution is 0.827. The molecule has 26 heavy (non-hydrogen) atoms. The van der Waals surface area contributed by atoms with Crippen LogP contribution in [0.4, 0.5) is 0 Å². The maximum atomic E-state index is 3.84. The molecule has 1 aromatic heterocycles. The fourth-order valence-corrected chi connectivity index (χ4v) is 2.83. The number of aromatic amines is 1. The fraction of sp³-hybridized carbons (Fsp3) is 0.261. The minimum Gasteiger partial charge on any atom is -0.349 e. The van der Waals surface area contributed by atoms with E-state index in [1.807, 2.05) is 6.20 Å². The van der Waals surface area contributed by atoms with Crippen LogP contribution in [0.2, 0.25) is 6.32 Å². The van der Waals surface area contributed by atoms with Gasteiger partial charge in [-0.15, -0.1) is 0 Å². The van der Waals surface area contributed by atoms with Gasteiger partial charge >= 0.3 is 0 Å². The molecule has 0 aliphatic heterocycles. The molecule has 3 aromatic rings. The van der Waals surface area contributed by atoms with E-state index in [2.05, 4.69) is 97.6 Å². The van der Waals surface area contributed by atoms with Crippen LogP contribution in [-0.4, -0.2) is 17.8 Å². The Morgan fingerprint density at radius 3 is 2.00 bits per heavy atom. The van der Waals surface area contributed by atoms with Gasteiger partial charge in [-0.2, -0.15) is 0 Å². The summed E-state index contributed by atoms with van der Waals surface area (Å²) < 4.78 is 0. The van der Waals surface area contributed by atoms with Crippen LogP contribution in [-0.2, 0) is 6.42 Å². The van der Waals surface area contributed by atoms with Crippen LogP contribution < -0.4 is 0 Å². The van der Waals surface area contributed by atoms with Crippen molar-refractivity contribution in [3.63, 3.8) is 0 Å². The van der Waals surface area contributed by atoms with Crippen LogP contribution in [0.3, 0.4) is 0 Å². The van der Waals surface area contributed by atoms with Crippen molar-refractivity contribution in [2.24, 2.45) is 0 Å². The van der Waals surface area contributed by atoms with Crippen LogP contribution in [0.5, 0.6) is 0 Å². The third-order valence-electron chi connectivity index (χ3n) is 4.33. The summed E-state index contributed by atoms with van der Waals surface area (Å²) in [6.45, 7) is 2.09. The second-order valence-electron chi connectivity index (χ2n) is 6.30. The maximum absolute atomic E-state index is 3.84. The van der Waals surface area contributed by atoms with Gasteiger partial charge in [0.05, 0.1) is 6.33 Å². The van der Waals surface area contributed by atoms with E-state index >= 15 is 0 Å². The zero-order valence-electron chi connectivity index (χ0n) is 15.9. The molecule has 0 aliphatic carbocycles. The first-order valence-electron chi connectivity index (χ1n) is 9.57. The molecule has 2 aromatic carbocycles. The topological polar surface area (TPSA) is 28.7 Å². The highest BCUT2D eigenvalue weighted by atomic mass is 14.8. The van der Waals surface area contributed by atoms with Crippen molar-refractivity contribution >= 4 is 7.85 Å². The highest BCUT2D eigenvalue weighted by Gasteiger charge is 2.11. The van der Waals surface area contributed by atoms with Gasteiger partial charge in [0.2, 0.25) is 0 Å². The monoisotopic (exact) mass is 344 g/mol. The van der Waals surface area contributed by atoms with E-state index in [4.69, 9.17) is 0 Å². The van der Waals surface area contributed by atoms with Crippen molar-refractivity contribution < 1.29 is 0 Å². The number of rotatable bonds is 7. The summed E-state index contributed by atoms with van der Waals surface area (Å²) in [6.07, 6.45) is 12.7. The van der Waals surface area contributed by atoms with Crippen LogP contribution in [0.15, 0.2) is 85.3 Å². The second-order valence-corrected chi connectivity index (χ2v) is 6.30. The summed E-state index contributed by atoms with van der Waals surface area (Å²) in [4.78, 5) is 6.81. The van der Waals surface area contributed by atoms with Crippen molar-refractivity contribution in [2.45, 2.75) is 38.4 Å². The van der Waals surface area contributed by atoms with Crippen molar-refractivity contribution in [2.75, 3.05) is 0 Å². The van der Waals surface area contributed by atoms with Gasteiger partial charge in [-0.3, -0.25) is 0 Å². The van der Waals surface area contributed by atoms with Gasteiger partial charge in [-0.1, -0.05) is 86.1 Å². The third-order valence-corrected chi connectivity index (χ3v) is 4.33. The SMILES string of the molecule is BCCC=CCC(c1ccccc1)c1ccccc1.CCc1cnc[nH]1. The van der Waals surface area contributed by atoms with Gasteiger partial charge < -0.3 is 4.98 Å². The number of hydrogen-bond acceptors (Lipinski definition) is 1. The summed E-state index contributed by atoms with van der Waals surface area (Å²) >= 11 is 0. The van der Waals surface area contributed by atoms with Crippen molar-refractivity contribution in [1.29, 1.82) is 0 Å². The van der Waals surface area contributed by atoms with Crippen molar-refractivity contribution in [3.05, 3.63) is 102 Å². The Morgan fingerprint density at radius 2 is 1.58 bits per heavy atom. The highest BCUT2D eigenvalue weighted by molar-refractivity contribution is 6.08. The molecule has 0 atom stereocenters. The smallest absolute Gasteiger partial charge is 0.101 e. The van der Waals surface area contributed by atoms with Gasteiger partial charge in [0.1, 0.15) is 7.85 Å². The molecule has 3 heteroatoms. The normalized spacial score (nSPS) is 10.7. The van der Waals surface area contributed by atoms with E-state index in [-0.39, 0.29) is 0 Å². The average molecular weight is 344 g/mol. The summed E-state index contributed by atoms with van der Waals surface area (Å²) in [5.41, 5.74) is 3.99. The molecular formula is C23H29BN2. The largest absolute Gasteiger partial charge is 0.349 e. The van der Waals surface area contributed by atoms with Crippen LogP contribution in [0, 0.1) is 0 Å². The molecule has 3 rings (SSSR count). The molecule has 1 N–H and O–H groups in total. The minimum atomic E-state index is 0.468. The fourth-order valence-electron chi connectivity index (χ4n) is 2.83. The molecule has 0 bridgehead atoms. The first kappa shape index (κ1) is 19.8. The number of hydrogen-bond donors (Lipinski definition) is 1. The number of H-pyrrole nitrogens is 1. The van der Waals surface area contributed by atoms with Crippen molar-refractivity contribution in [3.8, 4) is 0 Å². The standard InChI is InChI=1S/C18H21B.C5H8N2/c19-15-9-3-8-14-18(16-10-4-1-5-11-16)17-12-6-2-7-13-17;1-2-5-3-6-4-7-5/h1-8,10-13,18H,9,14-15,19H2;3-4H,2H2,1H3,(H,6,7). The van der Waals surface area contributed by atoms with E-state index in [0.29, 0.717) is 5.92 Å². The average Bonchev–Trinajstić information content (AvgIpc) is 3.24. The number of nitrogens with zero attached hydrogens (tertiary/aromatic N) is 1. The Balaban J connectivity index is 0.000000290. The summed E-state index contributed by atoms with van der Waals surface area (Å²) in [7, 11) is 2.22. The first-order chi connectivity index (χ1) is 12.8. The molecular weight excluding hydrogens is 315 g/mol. The number of allylic oxidation sites excluding steroid dienone is 2. The van der Waals surface area contributed by atoms with E-state index in [0.717, 1.165) is 12.8 Å². The number of aryl methyl sites for hydroxylation is 1. The molecule has 0 fully saturated rings. The highest BCUT2D eigenvalue weighted by Crippen LogP contribution is 2.28. The molecule has 0 saturated heterocycles. The Morgan fingerprint density at radius 1 is 0.962 bits per heavy atom. The maximum Gasteiger partial charge on any atom is 0.101 e. The molecule has 0 radical (unpaired) electrons. The zero-order valence-corrected chi connectivity index (χ0v) is 15.9. The molecule has 134 valence electrons. The van der Waals surface area contributed by atoms with E-state index in [9.17, 15) is 0 Å². The van der Waals surface area contributed by atoms with E-state index < -0.39 is 0 Å². The summed E-state index contributed by atoms with van der Waals surface area (Å²) in [5.74, 6) is 0.468. The number of benzene rings is 2. The van der Waals surface area contributed by atoms with Gasteiger partial charge in [-0.05, 0) is 30.4 Å². The van der Waals surface area contributed by atoms with Crippen LogP contribution >= 0.6 is 0 Å². The quantitative estimate of drug-likeness (QED) is 0.464. The summed E-state index contributed by atoms with van der Waals surface area (Å²) in [5, 5.41) is 0. The summed E-state index contributed by atoms with van der Waals surface area (Å²) in [6, 6.07) is 21.6. The van der Waals surface area contributed by atoms with Crippen molar-refractivity contribution in [1.82, 2.24) is 9.97 Å². The molecule has 2 nitrogen and oxygen atoms in total. The third kappa shape index (κ3) is 6.75. The van der Waals surface area contributed by atoms with Gasteiger partial charge in [0.25, 0.3) is 0 Å². The Bertz CT molecular complexity index is 682. The van der Waals surface area contributed by atoms with E-state index in [1.54, 1.807) is 6.33 Å². The zero-order chi connectivity index (χ0) is 18.5. The molecule has 1 heterocycles. The minimum absolute atomic E-state index is 0.468. The Hall–Kier alpha value is -2.55. The predicted molar refractivity (Wildman–Crippen MR) is 114 cm³/mol. The Labute approximate surface area is 158 Å². The lowest BCUT2D eigenvalue weighted by Crippen LogP contribution is -1.99. The van der Waals surface area contributed by atoms with Crippen LogP contribution in [0.1, 0.15) is 42.5 Å². The number of aromatic nitrogens is 2. The lowest BCUT2D eigenvalue weighted by atomic mass is 9.88. The molecule has 0 saturated carbocycles. The van der Waals surface area contributed by atoms with Crippen LogP contribution in [0.25, 0.3) is 0 Å². The first-order valence-corrected chi connectivity index (χ1v) is 9.57. The molecule has 0 unspecified atom stereocenters. The molecule has 0 aliphatic rings. The van der Waals surface area contributed by atoms with Gasteiger partial charge in [-0.25, -0.2) is 4.98 Å².